The Morgan fingerprint density at radius 3 is 2.34 bits per heavy atom. The van der Waals surface area contributed by atoms with Gasteiger partial charge in [-0.15, -0.1) is 0 Å². The van der Waals surface area contributed by atoms with Gasteiger partial charge in [-0.1, -0.05) is 36.4 Å². The second-order valence-corrected chi connectivity index (χ2v) is 11.9. The molecule has 3 unspecified atom stereocenters. The summed E-state index contributed by atoms with van der Waals surface area (Å²) in [5.41, 5.74) is 3.69. The van der Waals surface area contributed by atoms with Gasteiger partial charge >= 0.3 is 0 Å². The second-order valence-electron chi connectivity index (χ2n) is 9.64. The van der Waals surface area contributed by atoms with Gasteiger partial charge in [0.05, 0.1) is 29.1 Å². The number of nitrogens with one attached hydrogen (secondary N) is 2. The van der Waals surface area contributed by atoms with Crippen LogP contribution in [0.1, 0.15) is 0 Å². The van der Waals surface area contributed by atoms with Crippen LogP contribution in [0.5, 0.6) is 5.88 Å². The summed E-state index contributed by atoms with van der Waals surface area (Å²) in [6.45, 7) is 0.507. The van der Waals surface area contributed by atoms with Gasteiger partial charge in [0.25, 0.3) is 0 Å². The molecule has 4 aromatic rings. The van der Waals surface area contributed by atoms with Crippen molar-refractivity contribution < 1.29 is 27.9 Å². The first-order valence-electron chi connectivity index (χ1n) is 12.1. The number of halogens is 1. The van der Waals surface area contributed by atoms with E-state index in [4.69, 9.17) is 19.0 Å². The number of nitrogens with zero attached hydrogens (tertiary/aromatic N) is 2. The van der Waals surface area contributed by atoms with Crippen LogP contribution in [-0.4, -0.2) is 75.3 Å². The summed E-state index contributed by atoms with van der Waals surface area (Å²) < 4.78 is 54.2. The third kappa shape index (κ3) is 4.36. The van der Waals surface area contributed by atoms with Crippen molar-refractivity contribution in [1.82, 2.24) is 14.3 Å². The Morgan fingerprint density at radius 1 is 1.03 bits per heavy atom. The lowest BCUT2D eigenvalue weighted by Crippen LogP contribution is -2.34. The maximum atomic E-state index is 15.0. The predicted octanol–water partition coefficient (Wildman–Crippen LogP) is 3.82. The summed E-state index contributed by atoms with van der Waals surface area (Å²) in [6.07, 6.45) is -1.79. The van der Waals surface area contributed by atoms with E-state index in [-0.39, 0.29) is 24.5 Å². The van der Waals surface area contributed by atoms with Gasteiger partial charge in [0.2, 0.25) is 0 Å². The molecule has 2 aromatic heterocycles. The smallest absolute Gasteiger partial charge is 0.193 e. The number of rotatable bonds is 6. The summed E-state index contributed by atoms with van der Waals surface area (Å²) in [5, 5.41) is 9.92. The van der Waals surface area contributed by atoms with Crippen LogP contribution in [-0.2, 0) is 19.4 Å². The van der Waals surface area contributed by atoms with Crippen LogP contribution in [0.15, 0.2) is 65.6 Å². The Kier molecular flexibility index (Phi) is 6.20. The molecule has 0 bridgehead atoms. The molecule has 3 N–H and O–H groups in total. The maximum Gasteiger partial charge on any atom is 0.193 e. The summed E-state index contributed by atoms with van der Waals surface area (Å²) in [6, 6.07) is 17.5. The van der Waals surface area contributed by atoms with Gasteiger partial charge < -0.3 is 24.3 Å². The Morgan fingerprint density at radius 2 is 1.66 bits per heavy atom. The van der Waals surface area contributed by atoms with E-state index in [0.29, 0.717) is 34.0 Å². The molecule has 38 heavy (non-hydrogen) atoms. The molecule has 0 saturated carbocycles. The zero-order chi connectivity index (χ0) is 26.6. The number of hydrogen-bond donors (Lipinski definition) is 3. The summed E-state index contributed by atoms with van der Waals surface area (Å²) in [7, 11) is 0.227. The highest BCUT2D eigenvalue weighted by Gasteiger charge is 2.48. The summed E-state index contributed by atoms with van der Waals surface area (Å²) >= 11 is 0. The van der Waals surface area contributed by atoms with Crippen molar-refractivity contribution in [2.24, 2.45) is 0 Å². The zero-order valence-electron chi connectivity index (χ0n) is 20.8. The highest BCUT2D eigenvalue weighted by Crippen LogP contribution is 2.32. The highest BCUT2D eigenvalue weighted by atomic mass is 32.2. The minimum absolute atomic E-state index is 0.214. The molecule has 9 nitrogen and oxygen atoms in total. The van der Waals surface area contributed by atoms with Gasteiger partial charge in [0, 0.05) is 31.8 Å². The lowest BCUT2D eigenvalue weighted by molar-refractivity contribution is 0.00794. The summed E-state index contributed by atoms with van der Waals surface area (Å²) in [4.78, 5) is 8.02. The van der Waals surface area contributed by atoms with E-state index in [0.717, 1.165) is 11.1 Å². The molecule has 2 aromatic carbocycles. The molecular formula is C27H27FN4O5S. The van der Waals surface area contributed by atoms with Crippen LogP contribution in [0.3, 0.4) is 0 Å². The first-order chi connectivity index (χ1) is 18.2. The van der Waals surface area contributed by atoms with Crippen LogP contribution in [0.4, 0.5) is 4.39 Å². The van der Waals surface area contributed by atoms with Gasteiger partial charge in [0.15, 0.2) is 17.8 Å². The van der Waals surface area contributed by atoms with E-state index in [2.05, 4.69) is 9.97 Å². The molecule has 0 radical (unpaired) electrons. The van der Waals surface area contributed by atoms with Crippen LogP contribution < -0.4 is 4.74 Å². The normalized spacial score (nSPS) is 24.6. The molecule has 11 heteroatoms. The molecule has 0 aliphatic carbocycles. The first kappa shape index (κ1) is 25.0. The molecule has 198 valence electrons. The molecule has 2 saturated heterocycles. The fourth-order valence-electron chi connectivity index (χ4n) is 4.84. The SMILES string of the molecule is CN(C)S(=N)(=O)c1ccc(-c2ccc(-c3nc4cc(O[C@@H]5COC6C5OC[C@H]6O)[nH]c4cc3F)cc2)cc1. The predicted molar refractivity (Wildman–Crippen MR) is 140 cm³/mol. The average Bonchev–Trinajstić information content (AvgIpc) is 3.60. The molecule has 5 atom stereocenters. The number of aliphatic hydroxyl groups is 1. The van der Waals surface area contributed by atoms with Gasteiger partial charge in [-0.3, -0.25) is 0 Å². The molecule has 0 amide bonds. The van der Waals surface area contributed by atoms with E-state index in [9.17, 15) is 9.32 Å². The van der Waals surface area contributed by atoms with Crippen LogP contribution >= 0.6 is 0 Å². The average molecular weight is 539 g/mol. The minimum Gasteiger partial charge on any atom is -0.470 e. The molecule has 2 fully saturated rings. The Balaban J connectivity index is 1.22. The molecule has 0 spiro atoms. The van der Waals surface area contributed by atoms with Gasteiger partial charge in [-0.05, 0) is 23.3 Å². The maximum absolute atomic E-state index is 15.0. The van der Waals surface area contributed by atoms with Crippen LogP contribution in [0.2, 0.25) is 0 Å². The standard InChI is InChI=1S/C27H27FN4O5S/c1-32(2)38(29,34)18-9-7-16(8-10-18)15-3-5-17(6-4-15)25-19(28)11-20-21(31-25)12-24(30-20)37-23-14-36-26-22(33)13-35-27(23)26/h3-12,22-23,26-27,29-30,33H,13-14H2,1-2H3/t22-,23-,26?,27?,38?/m1/s1. The third-order valence-corrected chi connectivity index (χ3v) is 8.91. The van der Waals surface area contributed by atoms with Gasteiger partial charge in [0.1, 0.15) is 33.9 Å². The lowest BCUT2D eigenvalue weighted by atomic mass is 10.0. The van der Waals surface area contributed by atoms with E-state index < -0.39 is 27.9 Å². The van der Waals surface area contributed by atoms with E-state index in [1.54, 1.807) is 44.4 Å². The Hall–Kier alpha value is -3.35. The lowest BCUT2D eigenvalue weighted by Gasteiger charge is -2.16. The van der Waals surface area contributed by atoms with Gasteiger partial charge in [-0.25, -0.2) is 22.7 Å². The fourth-order valence-corrected chi connectivity index (χ4v) is 5.77. The number of aliphatic hydroxyl groups excluding tert-OH is 1. The van der Waals surface area contributed by atoms with Crippen molar-refractivity contribution >= 4 is 20.9 Å². The minimum atomic E-state index is -3.00. The van der Waals surface area contributed by atoms with Crippen molar-refractivity contribution in [3.63, 3.8) is 0 Å². The van der Waals surface area contributed by atoms with E-state index >= 15 is 4.39 Å². The van der Waals surface area contributed by atoms with Crippen LogP contribution in [0.25, 0.3) is 33.4 Å². The Bertz CT molecular complexity index is 1590. The second kappa shape index (κ2) is 9.44. The molecular weight excluding hydrogens is 511 g/mol. The number of hydrogen-bond acceptors (Lipinski definition) is 7. The summed E-state index contributed by atoms with van der Waals surface area (Å²) in [5.74, 6) is -0.0450. The number of benzene rings is 2. The van der Waals surface area contributed by atoms with E-state index in [1.807, 2.05) is 24.3 Å². The zero-order valence-corrected chi connectivity index (χ0v) is 21.6. The topological polar surface area (TPSA) is 121 Å². The molecule has 2 aliphatic rings. The van der Waals surface area contributed by atoms with Gasteiger partial charge in [-0.2, -0.15) is 0 Å². The third-order valence-electron chi connectivity index (χ3n) is 6.97. The number of ether oxygens (including phenoxy) is 3. The van der Waals surface area contributed by atoms with Crippen molar-refractivity contribution in [1.29, 1.82) is 4.78 Å². The van der Waals surface area contributed by atoms with E-state index in [1.165, 1.54) is 10.4 Å². The number of aromatic amines is 1. The van der Waals surface area contributed by atoms with Crippen molar-refractivity contribution in [2.45, 2.75) is 29.3 Å². The molecule has 4 heterocycles. The number of pyridine rings is 1. The monoisotopic (exact) mass is 538 g/mol. The molecule has 2 aliphatic heterocycles. The quantitative estimate of drug-likeness (QED) is 0.343. The number of fused-ring (bicyclic) bond motifs is 2. The van der Waals surface area contributed by atoms with Crippen molar-refractivity contribution in [3.8, 4) is 28.3 Å². The van der Waals surface area contributed by atoms with Crippen molar-refractivity contribution in [2.75, 3.05) is 27.3 Å². The molecule has 6 rings (SSSR count). The van der Waals surface area contributed by atoms with Crippen LogP contribution in [0, 0.1) is 10.6 Å². The first-order valence-corrected chi connectivity index (χ1v) is 13.7. The Labute approximate surface area is 219 Å². The largest absolute Gasteiger partial charge is 0.470 e. The van der Waals surface area contributed by atoms with Crippen molar-refractivity contribution in [3.05, 3.63) is 66.5 Å². The number of aromatic nitrogens is 2. The number of H-pyrrole nitrogens is 1. The highest BCUT2D eigenvalue weighted by molar-refractivity contribution is 7.90. The fraction of sp³-hybridized carbons (Fsp3) is 0.296.